The van der Waals surface area contributed by atoms with Crippen LogP contribution >= 0.6 is 0 Å². The number of rotatable bonds is 4. The summed E-state index contributed by atoms with van der Waals surface area (Å²) in [6, 6.07) is 18.4. The largest absolute Gasteiger partial charge is 0.387 e. The highest BCUT2D eigenvalue weighted by atomic mass is 16.3. The van der Waals surface area contributed by atoms with Gasteiger partial charge in [-0.15, -0.1) is 0 Å². The molecule has 19 heavy (non-hydrogen) atoms. The smallest absolute Gasteiger partial charge is 0.0995 e. The van der Waals surface area contributed by atoms with Crippen molar-refractivity contribution >= 4 is 0 Å². The van der Waals surface area contributed by atoms with Crippen molar-refractivity contribution in [2.45, 2.75) is 18.6 Å². The molecule has 2 unspecified atom stereocenters. The number of hydrogen-bond donors (Lipinski definition) is 2. The van der Waals surface area contributed by atoms with E-state index in [2.05, 4.69) is 6.07 Å². The highest BCUT2D eigenvalue weighted by molar-refractivity contribution is 5.39. The highest BCUT2D eigenvalue weighted by Gasteiger charge is 2.19. The molecule has 3 nitrogen and oxygen atoms in total. The summed E-state index contributed by atoms with van der Waals surface area (Å²) in [5.41, 5.74) is 8.18. The maximum absolute atomic E-state index is 10.3. The Bertz CT molecular complexity index is 575. The molecule has 3 heteroatoms. The Balaban J connectivity index is 2.15. The molecule has 0 bridgehead atoms. The molecule has 0 heterocycles. The Morgan fingerprint density at radius 1 is 1.05 bits per heavy atom. The van der Waals surface area contributed by atoms with Gasteiger partial charge in [0, 0.05) is 6.04 Å². The van der Waals surface area contributed by atoms with Crippen molar-refractivity contribution in [3.05, 3.63) is 71.3 Å². The van der Waals surface area contributed by atoms with Crippen LogP contribution in [0.3, 0.4) is 0 Å². The van der Waals surface area contributed by atoms with Crippen LogP contribution in [-0.4, -0.2) is 11.1 Å². The monoisotopic (exact) mass is 252 g/mol. The average Bonchev–Trinajstić information content (AvgIpc) is 2.47. The molecule has 0 aliphatic heterocycles. The normalized spacial score (nSPS) is 13.5. The van der Waals surface area contributed by atoms with E-state index in [9.17, 15) is 5.11 Å². The molecule has 2 aromatic rings. The summed E-state index contributed by atoms with van der Waals surface area (Å²) >= 11 is 0. The summed E-state index contributed by atoms with van der Waals surface area (Å²) in [7, 11) is 0. The zero-order valence-corrected chi connectivity index (χ0v) is 10.5. The summed E-state index contributed by atoms with van der Waals surface area (Å²) in [5.74, 6) is 0. The maximum Gasteiger partial charge on any atom is 0.0995 e. The van der Waals surface area contributed by atoms with E-state index in [4.69, 9.17) is 11.0 Å². The lowest BCUT2D eigenvalue weighted by Gasteiger charge is -2.20. The lowest BCUT2D eigenvalue weighted by Crippen LogP contribution is -2.31. The Kier molecular flexibility index (Phi) is 4.30. The van der Waals surface area contributed by atoms with E-state index >= 15 is 0 Å². The third-order valence-electron chi connectivity index (χ3n) is 3.12. The van der Waals surface area contributed by atoms with Crippen LogP contribution in [0.15, 0.2) is 54.6 Å². The van der Waals surface area contributed by atoms with Crippen molar-refractivity contribution in [2.24, 2.45) is 5.73 Å². The second kappa shape index (κ2) is 6.14. The second-order valence-electron chi connectivity index (χ2n) is 4.50. The van der Waals surface area contributed by atoms with E-state index in [1.807, 2.05) is 30.3 Å². The van der Waals surface area contributed by atoms with Crippen molar-refractivity contribution in [1.82, 2.24) is 0 Å². The van der Waals surface area contributed by atoms with E-state index in [0.29, 0.717) is 17.5 Å². The molecule has 96 valence electrons. The third-order valence-corrected chi connectivity index (χ3v) is 3.12. The standard InChI is InChI=1S/C16H16N2O/c17-11-13-8-4-5-9-14(13)16(19)15(18)10-12-6-2-1-3-7-12/h1-9,15-16,19H,10,18H2. The molecule has 0 aromatic heterocycles. The van der Waals surface area contributed by atoms with E-state index in [1.54, 1.807) is 24.3 Å². The molecule has 0 fully saturated rings. The Morgan fingerprint density at radius 2 is 1.68 bits per heavy atom. The zero-order valence-electron chi connectivity index (χ0n) is 10.5. The molecule has 2 rings (SSSR count). The number of nitriles is 1. The van der Waals surface area contributed by atoms with Crippen LogP contribution in [0.4, 0.5) is 0 Å². The van der Waals surface area contributed by atoms with Gasteiger partial charge in [-0.25, -0.2) is 0 Å². The van der Waals surface area contributed by atoms with E-state index in [0.717, 1.165) is 5.56 Å². The van der Waals surface area contributed by atoms with Gasteiger partial charge in [-0.3, -0.25) is 0 Å². The first kappa shape index (κ1) is 13.3. The van der Waals surface area contributed by atoms with E-state index in [-0.39, 0.29) is 0 Å². The van der Waals surface area contributed by atoms with Crippen LogP contribution in [0.5, 0.6) is 0 Å². The lowest BCUT2D eigenvalue weighted by molar-refractivity contribution is 0.146. The van der Waals surface area contributed by atoms with Gasteiger partial charge >= 0.3 is 0 Å². The van der Waals surface area contributed by atoms with Crippen LogP contribution in [0.1, 0.15) is 22.8 Å². The predicted octanol–water partition coefficient (Wildman–Crippen LogP) is 2.16. The van der Waals surface area contributed by atoms with E-state index < -0.39 is 12.1 Å². The van der Waals surface area contributed by atoms with Crippen molar-refractivity contribution in [1.29, 1.82) is 5.26 Å². The number of aliphatic hydroxyl groups excluding tert-OH is 1. The molecular formula is C16H16N2O. The van der Waals surface area contributed by atoms with Crippen LogP contribution < -0.4 is 5.73 Å². The van der Waals surface area contributed by atoms with E-state index in [1.165, 1.54) is 0 Å². The molecule has 3 N–H and O–H groups in total. The van der Waals surface area contributed by atoms with Crippen molar-refractivity contribution in [3.8, 4) is 6.07 Å². The molecule has 0 saturated carbocycles. The van der Waals surface area contributed by atoms with Crippen LogP contribution in [0.2, 0.25) is 0 Å². The van der Waals surface area contributed by atoms with Crippen LogP contribution in [0.25, 0.3) is 0 Å². The van der Waals surface area contributed by atoms with Gasteiger partial charge in [0.25, 0.3) is 0 Å². The molecule has 2 atom stereocenters. The summed E-state index contributed by atoms with van der Waals surface area (Å²) < 4.78 is 0. The molecule has 0 aliphatic carbocycles. The van der Waals surface area contributed by atoms with Gasteiger partial charge in [0.05, 0.1) is 17.7 Å². The molecule has 2 aromatic carbocycles. The molecule has 0 radical (unpaired) electrons. The summed E-state index contributed by atoms with van der Waals surface area (Å²) in [6.07, 6.45) is -0.266. The summed E-state index contributed by atoms with van der Waals surface area (Å²) in [4.78, 5) is 0. The Labute approximate surface area is 112 Å². The number of benzene rings is 2. The van der Waals surface area contributed by atoms with Crippen LogP contribution in [-0.2, 0) is 6.42 Å². The van der Waals surface area contributed by atoms with Gasteiger partial charge < -0.3 is 10.8 Å². The first-order valence-corrected chi connectivity index (χ1v) is 6.19. The first-order valence-electron chi connectivity index (χ1n) is 6.19. The van der Waals surface area contributed by atoms with Gasteiger partial charge in [0.15, 0.2) is 0 Å². The van der Waals surface area contributed by atoms with Crippen molar-refractivity contribution in [2.75, 3.05) is 0 Å². The molecule has 0 aliphatic rings. The molecular weight excluding hydrogens is 236 g/mol. The van der Waals surface area contributed by atoms with Crippen LogP contribution in [0, 0.1) is 11.3 Å². The quantitative estimate of drug-likeness (QED) is 0.876. The number of hydrogen-bond acceptors (Lipinski definition) is 3. The third kappa shape index (κ3) is 3.19. The van der Waals surface area contributed by atoms with Gasteiger partial charge in [-0.05, 0) is 23.6 Å². The van der Waals surface area contributed by atoms with Crippen molar-refractivity contribution < 1.29 is 5.11 Å². The van der Waals surface area contributed by atoms with Gasteiger partial charge in [-0.1, -0.05) is 48.5 Å². The Morgan fingerprint density at radius 3 is 2.37 bits per heavy atom. The molecule has 0 saturated heterocycles. The summed E-state index contributed by atoms with van der Waals surface area (Å²) in [5, 5.41) is 19.3. The highest BCUT2D eigenvalue weighted by Crippen LogP contribution is 2.21. The fraction of sp³-hybridized carbons (Fsp3) is 0.188. The second-order valence-corrected chi connectivity index (χ2v) is 4.50. The average molecular weight is 252 g/mol. The zero-order chi connectivity index (χ0) is 13.7. The number of aliphatic hydroxyl groups is 1. The molecule has 0 amide bonds. The minimum absolute atomic E-state index is 0.433. The minimum Gasteiger partial charge on any atom is -0.387 e. The maximum atomic E-state index is 10.3. The minimum atomic E-state index is -0.837. The van der Waals surface area contributed by atoms with Crippen molar-refractivity contribution in [3.63, 3.8) is 0 Å². The SMILES string of the molecule is N#Cc1ccccc1C(O)C(N)Cc1ccccc1. The fourth-order valence-corrected chi connectivity index (χ4v) is 2.09. The van der Waals surface area contributed by atoms with Gasteiger partial charge in [0.2, 0.25) is 0 Å². The Hall–Kier alpha value is -2.15. The topological polar surface area (TPSA) is 70.0 Å². The first-order chi connectivity index (χ1) is 9.22. The fourth-order valence-electron chi connectivity index (χ4n) is 2.09. The van der Waals surface area contributed by atoms with Gasteiger partial charge in [0.1, 0.15) is 0 Å². The molecule has 0 spiro atoms. The van der Waals surface area contributed by atoms with Gasteiger partial charge in [-0.2, -0.15) is 5.26 Å². The predicted molar refractivity (Wildman–Crippen MR) is 74.2 cm³/mol. The number of nitrogens with zero attached hydrogens (tertiary/aromatic N) is 1. The number of nitrogens with two attached hydrogens (primary N) is 1. The summed E-state index contributed by atoms with van der Waals surface area (Å²) in [6.45, 7) is 0. The lowest BCUT2D eigenvalue weighted by atomic mass is 9.94.